The lowest BCUT2D eigenvalue weighted by Crippen LogP contribution is -2.19. The van der Waals surface area contributed by atoms with Crippen molar-refractivity contribution >= 4 is 68.7 Å². The standard InChI is InChI=1S/C25H18Cl2N4OS/c1-14-11-17(15(2)31(14)18-8-9-20-16(12-18)5-4-10-28-20)13-22-24(32)30-25(33-22)29-21-7-3-6-19(26)23(21)27/h3-13H,1-2H3,(H,29,30,32)/b22-13-. The van der Waals surface area contributed by atoms with E-state index in [-0.39, 0.29) is 5.91 Å². The third kappa shape index (κ3) is 4.17. The van der Waals surface area contributed by atoms with Crippen molar-refractivity contribution in [2.24, 2.45) is 4.99 Å². The molecule has 0 unspecified atom stereocenters. The second-order valence-corrected chi connectivity index (χ2v) is 9.41. The highest BCUT2D eigenvalue weighted by atomic mass is 35.5. The van der Waals surface area contributed by atoms with Gasteiger partial charge in [0.2, 0.25) is 0 Å². The molecule has 4 aromatic rings. The molecule has 1 saturated heterocycles. The van der Waals surface area contributed by atoms with E-state index in [1.807, 2.05) is 25.1 Å². The Hall–Kier alpha value is -3.06. The van der Waals surface area contributed by atoms with Crippen LogP contribution in [0.3, 0.4) is 0 Å². The van der Waals surface area contributed by atoms with Gasteiger partial charge in [0.1, 0.15) is 0 Å². The summed E-state index contributed by atoms with van der Waals surface area (Å²) in [4.78, 5) is 22.0. The van der Waals surface area contributed by atoms with Crippen molar-refractivity contribution in [3.8, 4) is 5.69 Å². The molecule has 0 saturated carbocycles. The second kappa shape index (κ2) is 8.71. The zero-order valence-electron chi connectivity index (χ0n) is 17.8. The van der Waals surface area contributed by atoms with Crippen LogP contribution >= 0.6 is 35.0 Å². The number of amides is 1. The molecule has 0 spiro atoms. The van der Waals surface area contributed by atoms with Gasteiger partial charge in [0.05, 0.1) is 26.2 Å². The van der Waals surface area contributed by atoms with Crippen molar-refractivity contribution < 1.29 is 4.79 Å². The van der Waals surface area contributed by atoms with Crippen LogP contribution in [-0.2, 0) is 4.79 Å². The van der Waals surface area contributed by atoms with Crippen molar-refractivity contribution in [1.82, 2.24) is 14.9 Å². The van der Waals surface area contributed by atoms with Gasteiger partial charge in [-0.2, -0.15) is 0 Å². The smallest absolute Gasteiger partial charge is 0.264 e. The Balaban J connectivity index is 1.48. The van der Waals surface area contributed by atoms with E-state index in [0.29, 0.717) is 25.8 Å². The van der Waals surface area contributed by atoms with Crippen LogP contribution in [0.25, 0.3) is 22.7 Å². The molecule has 5 rings (SSSR count). The number of aryl methyl sites for hydroxylation is 1. The highest BCUT2D eigenvalue weighted by molar-refractivity contribution is 8.18. The molecule has 33 heavy (non-hydrogen) atoms. The first kappa shape index (κ1) is 21.8. The van der Waals surface area contributed by atoms with Gasteiger partial charge in [-0.1, -0.05) is 35.3 Å². The molecule has 164 valence electrons. The molecule has 2 aromatic heterocycles. The van der Waals surface area contributed by atoms with Crippen LogP contribution in [0.15, 0.2) is 70.7 Å². The van der Waals surface area contributed by atoms with E-state index in [1.165, 1.54) is 11.8 Å². The molecule has 8 heteroatoms. The minimum absolute atomic E-state index is 0.196. The lowest BCUT2D eigenvalue weighted by molar-refractivity contribution is -0.115. The molecule has 0 atom stereocenters. The molecule has 0 aliphatic carbocycles. The molecule has 5 nitrogen and oxygen atoms in total. The molecule has 2 aromatic carbocycles. The summed E-state index contributed by atoms with van der Waals surface area (Å²) in [7, 11) is 0. The Labute approximate surface area is 205 Å². The van der Waals surface area contributed by atoms with Crippen molar-refractivity contribution in [2.75, 3.05) is 0 Å². The van der Waals surface area contributed by atoms with E-state index < -0.39 is 0 Å². The number of carbonyl (C=O) groups is 1. The number of hydrogen-bond acceptors (Lipinski definition) is 4. The van der Waals surface area contributed by atoms with Crippen molar-refractivity contribution in [3.05, 3.63) is 92.7 Å². The van der Waals surface area contributed by atoms with Crippen LogP contribution in [-0.4, -0.2) is 20.6 Å². The number of hydrogen-bond donors (Lipinski definition) is 1. The third-order valence-corrected chi connectivity index (χ3v) is 7.12. The topological polar surface area (TPSA) is 59.3 Å². The number of rotatable bonds is 3. The zero-order valence-corrected chi connectivity index (χ0v) is 20.1. The van der Waals surface area contributed by atoms with Gasteiger partial charge in [-0.3, -0.25) is 9.78 Å². The largest absolute Gasteiger partial charge is 0.318 e. The van der Waals surface area contributed by atoms with Gasteiger partial charge in [0.25, 0.3) is 5.91 Å². The highest BCUT2D eigenvalue weighted by Gasteiger charge is 2.25. The van der Waals surface area contributed by atoms with Crippen LogP contribution in [0.4, 0.5) is 5.69 Å². The van der Waals surface area contributed by atoms with E-state index in [1.54, 1.807) is 24.4 Å². The fraction of sp³-hybridized carbons (Fsp3) is 0.0800. The Morgan fingerprint density at radius 1 is 1.09 bits per heavy atom. The van der Waals surface area contributed by atoms with E-state index in [4.69, 9.17) is 23.2 Å². The molecule has 3 heterocycles. The maximum absolute atomic E-state index is 12.6. The van der Waals surface area contributed by atoms with Gasteiger partial charge in [0.15, 0.2) is 5.17 Å². The normalized spacial score (nSPS) is 16.2. The third-order valence-electron chi connectivity index (χ3n) is 5.41. The number of amidine groups is 1. The Kier molecular flexibility index (Phi) is 5.74. The molecular formula is C25H18Cl2N4OS. The SMILES string of the molecule is Cc1cc(/C=C2\SC(=Nc3cccc(Cl)c3Cl)NC2=O)c(C)n1-c1ccc2ncccc2c1. The zero-order chi connectivity index (χ0) is 23.1. The van der Waals surface area contributed by atoms with Crippen LogP contribution in [0.1, 0.15) is 17.0 Å². The van der Waals surface area contributed by atoms with Crippen LogP contribution in [0.5, 0.6) is 0 Å². The summed E-state index contributed by atoms with van der Waals surface area (Å²) in [5, 5.41) is 5.12. The number of nitrogens with zero attached hydrogens (tertiary/aromatic N) is 3. The maximum Gasteiger partial charge on any atom is 0.264 e. The molecule has 1 amide bonds. The van der Waals surface area contributed by atoms with E-state index in [9.17, 15) is 4.79 Å². The number of thioether (sulfide) groups is 1. The van der Waals surface area contributed by atoms with Crippen LogP contribution < -0.4 is 5.32 Å². The predicted octanol–water partition coefficient (Wildman–Crippen LogP) is 6.84. The predicted molar refractivity (Wildman–Crippen MR) is 138 cm³/mol. The number of carbonyl (C=O) groups excluding carboxylic acids is 1. The minimum atomic E-state index is -0.196. The summed E-state index contributed by atoms with van der Waals surface area (Å²) in [5.74, 6) is -0.196. The highest BCUT2D eigenvalue weighted by Crippen LogP contribution is 2.35. The maximum atomic E-state index is 12.6. The summed E-state index contributed by atoms with van der Waals surface area (Å²) in [6.45, 7) is 4.10. The fourth-order valence-corrected chi connectivity index (χ4v) is 5.01. The second-order valence-electron chi connectivity index (χ2n) is 7.60. The summed E-state index contributed by atoms with van der Waals surface area (Å²) in [6, 6.07) is 17.5. The minimum Gasteiger partial charge on any atom is -0.318 e. The van der Waals surface area contributed by atoms with Crippen LogP contribution in [0.2, 0.25) is 10.0 Å². The molecule has 1 aliphatic rings. The number of aromatic nitrogens is 2. The van der Waals surface area contributed by atoms with Crippen molar-refractivity contribution in [1.29, 1.82) is 0 Å². The Morgan fingerprint density at radius 2 is 1.94 bits per heavy atom. The Bertz CT molecular complexity index is 1490. The average molecular weight is 493 g/mol. The summed E-state index contributed by atoms with van der Waals surface area (Å²) in [6.07, 6.45) is 3.68. The Morgan fingerprint density at radius 3 is 2.79 bits per heavy atom. The number of fused-ring (bicyclic) bond motifs is 1. The van der Waals surface area contributed by atoms with Gasteiger partial charge < -0.3 is 9.88 Å². The number of nitrogens with one attached hydrogen (secondary N) is 1. The first-order valence-corrected chi connectivity index (χ1v) is 11.8. The van der Waals surface area contributed by atoms with E-state index in [2.05, 4.69) is 51.0 Å². The monoisotopic (exact) mass is 492 g/mol. The average Bonchev–Trinajstić information content (AvgIpc) is 3.28. The van der Waals surface area contributed by atoms with Gasteiger partial charge in [-0.05, 0) is 79.7 Å². The molecule has 1 N–H and O–H groups in total. The summed E-state index contributed by atoms with van der Waals surface area (Å²) >= 11 is 13.6. The number of halogens is 2. The van der Waals surface area contributed by atoms with E-state index >= 15 is 0 Å². The summed E-state index contributed by atoms with van der Waals surface area (Å²) < 4.78 is 2.18. The van der Waals surface area contributed by atoms with E-state index in [0.717, 1.165) is 33.5 Å². The number of benzene rings is 2. The molecule has 1 aliphatic heterocycles. The van der Waals surface area contributed by atoms with Gasteiger partial charge in [-0.25, -0.2) is 4.99 Å². The van der Waals surface area contributed by atoms with Crippen LogP contribution in [0, 0.1) is 13.8 Å². The lowest BCUT2D eigenvalue weighted by Gasteiger charge is -2.10. The molecule has 0 bridgehead atoms. The van der Waals surface area contributed by atoms with Crippen molar-refractivity contribution in [3.63, 3.8) is 0 Å². The first-order valence-electron chi connectivity index (χ1n) is 10.2. The molecular weight excluding hydrogens is 475 g/mol. The van der Waals surface area contributed by atoms with Crippen molar-refractivity contribution in [2.45, 2.75) is 13.8 Å². The van der Waals surface area contributed by atoms with Gasteiger partial charge >= 0.3 is 0 Å². The fourth-order valence-electron chi connectivity index (χ4n) is 3.84. The van der Waals surface area contributed by atoms with Gasteiger partial charge in [-0.15, -0.1) is 0 Å². The molecule has 1 fully saturated rings. The number of aliphatic imine (C=N–C) groups is 1. The quantitative estimate of drug-likeness (QED) is 0.318. The van der Waals surface area contributed by atoms with Gasteiger partial charge in [0, 0.05) is 28.7 Å². The molecule has 0 radical (unpaired) electrons. The number of pyridine rings is 1. The first-order chi connectivity index (χ1) is 15.9. The lowest BCUT2D eigenvalue weighted by atomic mass is 10.2. The summed E-state index contributed by atoms with van der Waals surface area (Å²) in [5.41, 5.74) is 5.61.